The van der Waals surface area contributed by atoms with E-state index in [0.29, 0.717) is 13.0 Å². The molecule has 1 aliphatic rings. The molecule has 2 rings (SSSR count). The fourth-order valence-corrected chi connectivity index (χ4v) is 2.46. The van der Waals surface area contributed by atoms with E-state index >= 15 is 0 Å². The van der Waals surface area contributed by atoms with Crippen LogP contribution in [0.2, 0.25) is 0 Å². The van der Waals surface area contributed by atoms with Crippen LogP contribution < -0.4 is 0 Å². The largest absolute Gasteiger partial charge is 0.444 e. The first-order valence-corrected chi connectivity index (χ1v) is 7.33. The lowest BCUT2D eigenvalue weighted by molar-refractivity contribution is -0.123. The fourth-order valence-electron chi connectivity index (χ4n) is 2.46. The molecule has 1 atom stereocenters. The van der Waals surface area contributed by atoms with Gasteiger partial charge in [-0.1, -0.05) is 29.8 Å². The van der Waals surface area contributed by atoms with Gasteiger partial charge in [-0.05, 0) is 39.7 Å². The van der Waals surface area contributed by atoms with E-state index in [2.05, 4.69) is 0 Å². The van der Waals surface area contributed by atoms with Gasteiger partial charge in [-0.2, -0.15) is 0 Å². The molecule has 1 aliphatic heterocycles. The van der Waals surface area contributed by atoms with Crippen molar-refractivity contribution in [2.45, 2.75) is 45.6 Å². The summed E-state index contributed by atoms with van der Waals surface area (Å²) in [5.41, 5.74) is 1.68. The number of hydrogen-bond donors (Lipinski definition) is 0. The van der Waals surface area contributed by atoms with Gasteiger partial charge in [0, 0.05) is 12.5 Å². The number of rotatable bonds is 1. The lowest BCUT2D eigenvalue weighted by Gasteiger charge is -2.32. The molecular weight excluding hydrogens is 266 g/mol. The van der Waals surface area contributed by atoms with Gasteiger partial charge in [0.15, 0.2) is 5.78 Å². The maximum absolute atomic E-state index is 12.3. The first-order valence-electron chi connectivity index (χ1n) is 7.33. The van der Waals surface area contributed by atoms with Crippen molar-refractivity contribution in [3.8, 4) is 0 Å². The average molecular weight is 289 g/mol. The van der Waals surface area contributed by atoms with Crippen LogP contribution in [0.1, 0.15) is 44.2 Å². The van der Waals surface area contributed by atoms with Crippen molar-refractivity contribution in [3.63, 3.8) is 0 Å². The second-order valence-electron chi connectivity index (χ2n) is 6.62. The maximum atomic E-state index is 12.3. The summed E-state index contributed by atoms with van der Waals surface area (Å²) >= 11 is 0. The number of piperidine rings is 1. The highest BCUT2D eigenvalue weighted by molar-refractivity contribution is 5.90. The minimum atomic E-state index is -0.534. The van der Waals surface area contributed by atoms with Gasteiger partial charge in [0.05, 0.1) is 6.54 Å². The predicted molar refractivity (Wildman–Crippen MR) is 81.4 cm³/mol. The molecule has 1 saturated heterocycles. The minimum absolute atomic E-state index is 0.0796. The van der Waals surface area contributed by atoms with Gasteiger partial charge in [-0.15, -0.1) is 0 Å². The van der Waals surface area contributed by atoms with Gasteiger partial charge < -0.3 is 9.64 Å². The molecule has 114 valence electrons. The Morgan fingerprint density at radius 2 is 1.86 bits per heavy atom. The second kappa shape index (κ2) is 5.88. The summed E-state index contributed by atoms with van der Waals surface area (Å²) in [7, 11) is 0. The number of carbonyl (C=O) groups excluding carboxylic acids is 2. The van der Waals surface area contributed by atoms with Gasteiger partial charge >= 0.3 is 6.09 Å². The van der Waals surface area contributed by atoms with Crippen molar-refractivity contribution in [1.29, 1.82) is 0 Å². The normalized spacial score (nSPS) is 19.5. The fraction of sp³-hybridized carbons (Fsp3) is 0.529. The third kappa shape index (κ3) is 4.06. The van der Waals surface area contributed by atoms with Gasteiger partial charge in [0.25, 0.3) is 0 Å². The van der Waals surface area contributed by atoms with Crippen LogP contribution in [0.5, 0.6) is 0 Å². The second-order valence-corrected chi connectivity index (χ2v) is 6.62. The smallest absolute Gasteiger partial charge is 0.410 e. The lowest BCUT2D eigenvalue weighted by atomic mass is 9.88. The van der Waals surface area contributed by atoms with Crippen molar-refractivity contribution in [2.75, 3.05) is 13.1 Å². The molecule has 1 heterocycles. The molecule has 0 unspecified atom stereocenters. The number of amides is 1. The van der Waals surface area contributed by atoms with E-state index in [1.807, 2.05) is 52.0 Å². The van der Waals surface area contributed by atoms with Crippen molar-refractivity contribution in [1.82, 2.24) is 4.90 Å². The van der Waals surface area contributed by atoms with Crippen LogP contribution >= 0.6 is 0 Å². The molecule has 1 aromatic carbocycles. The zero-order valence-electron chi connectivity index (χ0n) is 13.2. The summed E-state index contributed by atoms with van der Waals surface area (Å²) in [6, 6.07) is 8.04. The van der Waals surface area contributed by atoms with Gasteiger partial charge in [-0.3, -0.25) is 4.79 Å². The van der Waals surface area contributed by atoms with E-state index < -0.39 is 11.7 Å². The van der Waals surface area contributed by atoms with Crippen LogP contribution in [-0.4, -0.2) is 35.5 Å². The van der Waals surface area contributed by atoms with E-state index in [-0.39, 0.29) is 18.2 Å². The van der Waals surface area contributed by atoms with Crippen molar-refractivity contribution < 1.29 is 14.3 Å². The number of ketones is 1. The Labute approximate surface area is 126 Å². The van der Waals surface area contributed by atoms with E-state index in [9.17, 15) is 9.59 Å². The summed E-state index contributed by atoms with van der Waals surface area (Å²) in [4.78, 5) is 25.8. The first kappa shape index (κ1) is 15.5. The summed E-state index contributed by atoms with van der Waals surface area (Å²) in [6.07, 6.45) is 0.249. The quantitative estimate of drug-likeness (QED) is 0.797. The number of Topliss-reactive ketones (excluding diaryl/α,β-unsaturated/α-hetero) is 1. The van der Waals surface area contributed by atoms with Crippen LogP contribution in [0.4, 0.5) is 4.79 Å². The Morgan fingerprint density at radius 3 is 2.38 bits per heavy atom. The van der Waals surface area contributed by atoms with Gasteiger partial charge in [0.2, 0.25) is 0 Å². The molecule has 4 heteroatoms. The molecule has 0 aromatic heterocycles. The monoisotopic (exact) mass is 289 g/mol. The maximum Gasteiger partial charge on any atom is 0.410 e. The van der Waals surface area contributed by atoms with E-state index in [1.54, 1.807) is 0 Å². The molecule has 0 aliphatic carbocycles. The zero-order chi connectivity index (χ0) is 15.6. The number of hydrogen-bond acceptors (Lipinski definition) is 3. The molecule has 1 aromatic rings. The van der Waals surface area contributed by atoms with E-state index in [1.165, 1.54) is 10.5 Å². The number of likely N-dealkylation sites (tertiary alicyclic amines) is 1. The zero-order valence-corrected chi connectivity index (χ0v) is 13.2. The van der Waals surface area contributed by atoms with Crippen LogP contribution in [0.25, 0.3) is 0 Å². The number of aryl methyl sites for hydroxylation is 1. The molecule has 1 amide bonds. The van der Waals surface area contributed by atoms with Crippen LogP contribution in [0.3, 0.4) is 0 Å². The summed E-state index contributed by atoms with van der Waals surface area (Å²) in [6.45, 7) is 8.19. The van der Waals surface area contributed by atoms with Crippen molar-refractivity contribution in [3.05, 3.63) is 35.4 Å². The standard InChI is InChI=1S/C17H23NO3/c1-12-5-7-13(8-6-12)14-9-10-18(11-15(14)19)16(20)21-17(2,3)4/h5-8,14H,9-11H2,1-4H3/t14-/m1/s1. The molecule has 0 bridgehead atoms. The molecule has 0 N–H and O–H groups in total. The van der Waals surface area contributed by atoms with Crippen LogP contribution in [0.15, 0.2) is 24.3 Å². The number of ether oxygens (including phenoxy) is 1. The molecule has 1 fully saturated rings. The topological polar surface area (TPSA) is 46.6 Å². The molecule has 0 saturated carbocycles. The molecule has 21 heavy (non-hydrogen) atoms. The Morgan fingerprint density at radius 1 is 1.24 bits per heavy atom. The highest BCUT2D eigenvalue weighted by Crippen LogP contribution is 2.26. The van der Waals surface area contributed by atoms with Crippen LogP contribution in [-0.2, 0) is 9.53 Å². The summed E-state index contributed by atoms with van der Waals surface area (Å²) in [5, 5.41) is 0. The van der Waals surface area contributed by atoms with Crippen LogP contribution in [0, 0.1) is 6.92 Å². The highest BCUT2D eigenvalue weighted by Gasteiger charge is 2.32. The molecule has 4 nitrogen and oxygen atoms in total. The molecular formula is C17H23NO3. The summed E-state index contributed by atoms with van der Waals surface area (Å²) < 4.78 is 5.32. The van der Waals surface area contributed by atoms with E-state index in [4.69, 9.17) is 4.74 Å². The lowest BCUT2D eigenvalue weighted by Crippen LogP contribution is -2.45. The minimum Gasteiger partial charge on any atom is -0.444 e. The van der Waals surface area contributed by atoms with Gasteiger partial charge in [-0.25, -0.2) is 4.79 Å². The Hall–Kier alpha value is -1.84. The third-order valence-electron chi connectivity index (χ3n) is 3.55. The van der Waals surface area contributed by atoms with Gasteiger partial charge in [0.1, 0.15) is 5.60 Å². The highest BCUT2D eigenvalue weighted by atomic mass is 16.6. The Bertz CT molecular complexity index is 528. The Kier molecular flexibility index (Phi) is 4.35. The molecule has 0 radical (unpaired) electrons. The van der Waals surface area contributed by atoms with E-state index in [0.717, 1.165) is 5.56 Å². The Balaban J connectivity index is 2.01. The number of nitrogens with zero attached hydrogens (tertiary/aromatic N) is 1. The number of benzene rings is 1. The SMILES string of the molecule is Cc1ccc([C@H]2CCN(C(=O)OC(C)(C)C)CC2=O)cc1. The summed E-state index contributed by atoms with van der Waals surface area (Å²) in [5.74, 6) is -0.0275. The molecule has 0 spiro atoms. The predicted octanol–water partition coefficient (Wildman–Crippen LogP) is 3.29. The number of carbonyl (C=O) groups is 2. The average Bonchev–Trinajstić information content (AvgIpc) is 2.38. The van der Waals surface area contributed by atoms with Crippen molar-refractivity contribution >= 4 is 11.9 Å². The van der Waals surface area contributed by atoms with Crippen molar-refractivity contribution in [2.24, 2.45) is 0 Å². The first-order chi connectivity index (χ1) is 9.76. The third-order valence-corrected chi connectivity index (χ3v) is 3.55.